The summed E-state index contributed by atoms with van der Waals surface area (Å²) in [6.45, 7) is 6.68. The molecule has 0 radical (unpaired) electrons. The quantitative estimate of drug-likeness (QED) is 0.909. The number of carbonyl (C=O) groups excluding carboxylic acids is 2. The molecule has 0 spiro atoms. The molecule has 26 heavy (non-hydrogen) atoms. The molecule has 0 bridgehead atoms. The van der Waals surface area contributed by atoms with Crippen LogP contribution in [0, 0.1) is 0 Å². The van der Waals surface area contributed by atoms with Gasteiger partial charge < -0.3 is 10.2 Å². The number of carbonyl (C=O) groups is 2. The average molecular weight is 350 g/mol. The highest BCUT2D eigenvalue weighted by atomic mass is 16.2. The van der Waals surface area contributed by atoms with E-state index in [-0.39, 0.29) is 11.8 Å². The summed E-state index contributed by atoms with van der Waals surface area (Å²) in [7, 11) is 0. The maximum atomic E-state index is 12.9. The minimum absolute atomic E-state index is 0.0655. The Kier molecular flexibility index (Phi) is 5.40. The van der Waals surface area contributed by atoms with Crippen LogP contribution in [0.15, 0.2) is 48.5 Å². The number of nitrogens with zero attached hydrogens (tertiary/aromatic N) is 1. The van der Waals surface area contributed by atoms with E-state index in [0.29, 0.717) is 18.0 Å². The van der Waals surface area contributed by atoms with Crippen LogP contribution in [0.3, 0.4) is 0 Å². The van der Waals surface area contributed by atoms with Crippen molar-refractivity contribution in [3.8, 4) is 0 Å². The molecule has 2 amide bonds. The number of hydrogen-bond acceptors (Lipinski definition) is 2. The van der Waals surface area contributed by atoms with Crippen molar-refractivity contribution < 1.29 is 9.59 Å². The number of nitrogens with one attached hydrogen (secondary N) is 1. The van der Waals surface area contributed by atoms with Crippen LogP contribution in [-0.4, -0.2) is 24.4 Å². The standard InChI is InChI=1S/C22H26N2O2/c1-15(2)17-10-12-19(13-11-17)21(25)23-16(3)22(26)24-14-6-8-18-7-4-5-9-20(18)24/h4-5,7,9-13,15-16H,6,8,14H2,1-3H3,(H,23,25). The minimum atomic E-state index is -0.571. The molecule has 0 aromatic heterocycles. The fraction of sp³-hybridized carbons (Fsp3) is 0.364. The van der Waals surface area contributed by atoms with Crippen molar-refractivity contribution in [3.63, 3.8) is 0 Å². The van der Waals surface area contributed by atoms with Gasteiger partial charge in [0.2, 0.25) is 5.91 Å². The molecule has 1 N–H and O–H groups in total. The molecule has 4 heteroatoms. The minimum Gasteiger partial charge on any atom is -0.341 e. The molecular weight excluding hydrogens is 324 g/mol. The Hall–Kier alpha value is -2.62. The van der Waals surface area contributed by atoms with Crippen LogP contribution in [-0.2, 0) is 11.2 Å². The molecule has 2 aromatic carbocycles. The van der Waals surface area contributed by atoms with Crippen molar-refractivity contribution in [2.75, 3.05) is 11.4 Å². The van der Waals surface area contributed by atoms with Gasteiger partial charge in [0.15, 0.2) is 0 Å². The van der Waals surface area contributed by atoms with Crippen LogP contribution in [0.5, 0.6) is 0 Å². The first-order valence-electron chi connectivity index (χ1n) is 9.27. The number of fused-ring (bicyclic) bond motifs is 1. The lowest BCUT2D eigenvalue weighted by molar-refractivity contribution is -0.120. The van der Waals surface area contributed by atoms with E-state index in [9.17, 15) is 9.59 Å². The number of benzene rings is 2. The van der Waals surface area contributed by atoms with E-state index >= 15 is 0 Å². The van der Waals surface area contributed by atoms with E-state index in [1.807, 2.05) is 42.5 Å². The summed E-state index contributed by atoms with van der Waals surface area (Å²) in [6.07, 6.45) is 1.93. The zero-order chi connectivity index (χ0) is 18.7. The molecule has 0 aliphatic carbocycles. The van der Waals surface area contributed by atoms with Gasteiger partial charge >= 0.3 is 0 Å². The van der Waals surface area contributed by atoms with Crippen LogP contribution < -0.4 is 10.2 Å². The summed E-state index contributed by atoms with van der Waals surface area (Å²) in [5.74, 6) is 0.141. The Morgan fingerprint density at radius 2 is 1.69 bits per heavy atom. The maximum absolute atomic E-state index is 12.9. The van der Waals surface area contributed by atoms with E-state index in [4.69, 9.17) is 0 Å². The highest BCUT2D eigenvalue weighted by Gasteiger charge is 2.27. The lowest BCUT2D eigenvalue weighted by Gasteiger charge is -2.31. The Labute approximate surface area is 155 Å². The van der Waals surface area contributed by atoms with E-state index < -0.39 is 6.04 Å². The second-order valence-corrected chi connectivity index (χ2v) is 7.19. The number of aryl methyl sites for hydroxylation is 1. The third-order valence-corrected chi connectivity index (χ3v) is 4.93. The summed E-state index contributed by atoms with van der Waals surface area (Å²) in [6, 6.07) is 15.0. The Morgan fingerprint density at radius 3 is 2.38 bits per heavy atom. The topological polar surface area (TPSA) is 49.4 Å². The molecule has 1 aliphatic rings. The predicted molar refractivity (Wildman–Crippen MR) is 105 cm³/mol. The zero-order valence-corrected chi connectivity index (χ0v) is 15.7. The average Bonchev–Trinajstić information content (AvgIpc) is 2.66. The Balaban J connectivity index is 1.69. The van der Waals surface area contributed by atoms with Gasteiger partial charge in [0.1, 0.15) is 6.04 Å². The van der Waals surface area contributed by atoms with Crippen LogP contribution in [0.25, 0.3) is 0 Å². The molecule has 1 aliphatic heterocycles. The number of anilines is 1. The molecule has 2 aromatic rings. The molecule has 0 saturated heterocycles. The highest BCUT2D eigenvalue weighted by Crippen LogP contribution is 2.27. The molecule has 0 fully saturated rings. The summed E-state index contributed by atoms with van der Waals surface area (Å²) in [5.41, 5.74) is 3.92. The van der Waals surface area contributed by atoms with Crippen LogP contribution in [0.2, 0.25) is 0 Å². The summed E-state index contributed by atoms with van der Waals surface area (Å²) in [5, 5.41) is 2.84. The molecule has 1 unspecified atom stereocenters. The summed E-state index contributed by atoms with van der Waals surface area (Å²) >= 11 is 0. The van der Waals surface area contributed by atoms with Gasteiger partial charge in [-0.3, -0.25) is 9.59 Å². The zero-order valence-electron chi connectivity index (χ0n) is 15.7. The fourth-order valence-corrected chi connectivity index (χ4v) is 3.36. The molecule has 1 heterocycles. The summed E-state index contributed by atoms with van der Waals surface area (Å²) in [4.78, 5) is 27.2. The van der Waals surface area contributed by atoms with Crippen LogP contribution in [0.4, 0.5) is 5.69 Å². The summed E-state index contributed by atoms with van der Waals surface area (Å²) < 4.78 is 0. The van der Waals surface area contributed by atoms with E-state index in [1.54, 1.807) is 11.8 Å². The first-order valence-corrected chi connectivity index (χ1v) is 9.27. The van der Waals surface area contributed by atoms with Gasteiger partial charge in [0.25, 0.3) is 5.91 Å². The monoisotopic (exact) mass is 350 g/mol. The van der Waals surface area contributed by atoms with E-state index in [1.165, 1.54) is 11.1 Å². The maximum Gasteiger partial charge on any atom is 0.251 e. The van der Waals surface area contributed by atoms with Crippen molar-refractivity contribution in [1.29, 1.82) is 0 Å². The fourth-order valence-electron chi connectivity index (χ4n) is 3.36. The van der Waals surface area contributed by atoms with Crippen molar-refractivity contribution in [1.82, 2.24) is 5.32 Å². The number of para-hydroxylation sites is 1. The molecule has 136 valence electrons. The first kappa shape index (κ1) is 18.2. The van der Waals surface area contributed by atoms with E-state index in [0.717, 1.165) is 18.5 Å². The SMILES string of the molecule is CC(NC(=O)c1ccc(C(C)C)cc1)C(=O)N1CCCc2ccccc21. The Morgan fingerprint density at radius 1 is 1.00 bits per heavy atom. The molecule has 1 atom stereocenters. The van der Waals surface area contributed by atoms with Gasteiger partial charge in [-0.05, 0) is 55.0 Å². The van der Waals surface area contributed by atoms with Crippen LogP contribution in [0.1, 0.15) is 54.6 Å². The second kappa shape index (κ2) is 7.73. The van der Waals surface area contributed by atoms with E-state index in [2.05, 4.69) is 25.2 Å². The highest BCUT2D eigenvalue weighted by molar-refractivity contribution is 6.02. The largest absolute Gasteiger partial charge is 0.341 e. The third-order valence-electron chi connectivity index (χ3n) is 4.93. The number of hydrogen-bond donors (Lipinski definition) is 1. The third kappa shape index (κ3) is 3.79. The number of rotatable bonds is 4. The van der Waals surface area contributed by atoms with Gasteiger partial charge in [-0.15, -0.1) is 0 Å². The van der Waals surface area contributed by atoms with Crippen molar-refractivity contribution in [3.05, 3.63) is 65.2 Å². The predicted octanol–water partition coefficient (Wildman–Crippen LogP) is 3.91. The Bertz CT molecular complexity index is 796. The number of amides is 2. The molecule has 4 nitrogen and oxygen atoms in total. The smallest absolute Gasteiger partial charge is 0.251 e. The first-order chi connectivity index (χ1) is 12.5. The van der Waals surface area contributed by atoms with Gasteiger partial charge in [-0.1, -0.05) is 44.2 Å². The molecular formula is C22H26N2O2. The molecule has 3 rings (SSSR count). The lowest BCUT2D eigenvalue weighted by Crippen LogP contribution is -2.48. The molecule has 0 saturated carbocycles. The van der Waals surface area contributed by atoms with Crippen molar-refractivity contribution in [2.24, 2.45) is 0 Å². The van der Waals surface area contributed by atoms with Crippen LogP contribution >= 0.6 is 0 Å². The lowest BCUT2D eigenvalue weighted by atomic mass is 10.0. The normalized spacial score (nSPS) is 14.7. The van der Waals surface area contributed by atoms with Gasteiger partial charge in [-0.25, -0.2) is 0 Å². The second-order valence-electron chi connectivity index (χ2n) is 7.19. The van der Waals surface area contributed by atoms with Crippen molar-refractivity contribution in [2.45, 2.75) is 45.6 Å². The van der Waals surface area contributed by atoms with Gasteiger partial charge in [-0.2, -0.15) is 0 Å². The van der Waals surface area contributed by atoms with Crippen molar-refractivity contribution >= 4 is 17.5 Å². The van der Waals surface area contributed by atoms with Gasteiger partial charge in [0, 0.05) is 17.8 Å². The van der Waals surface area contributed by atoms with Gasteiger partial charge in [0.05, 0.1) is 0 Å².